The fourth-order valence-corrected chi connectivity index (χ4v) is 2.52. The molecule has 19 heavy (non-hydrogen) atoms. The Kier molecular flexibility index (Phi) is 6.31. The van der Waals surface area contributed by atoms with Crippen molar-refractivity contribution < 1.29 is 5.11 Å². The van der Waals surface area contributed by atoms with Gasteiger partial charge in [-0.25, -0.2) is 0 Å². The Hall–Kier alpha value is -0.570. The van der Waals surface area contributed by atoms with Crippen LogP contribution in [0.4, 0.5) is 0 Å². The minimum Gasteiger partial charge on any atom is -0.389 e. The second kappa shape index (κ2) is 7.28. The van der Waals surface area contributed by atoms with Gasteiger partial charge in [0.1, 0.15) is 0 Å². The third-order valence-electron chi connectivity index (χ3n) is 3.13. The fraction of sp³-hybridized carbons (Fsp3) is 0.625. The summed E-state index contributed by atoms with van der Waals surface area (Å²) in [6, 6.07) is 8.26. The van der Waals surface area contributed by atoms with Crippen molar-refractivity contribution in [2.45, 2.75) is 52.2 Å². The van der Waals surface area contributed by atoms with Crippen molar-refractivity contribution in [3.05, 3.63) is 34.9 Å². The molecule has 0 bridgehead atoms. The molecule has 0 amide bonds. The smallest absolute Gasteiger partial charge is 0.0746 e. The summed E-state index contributed by atoms with van der Waals surface area (Å²) in [5.74, 6) is 0.503. The highest BCUT2D eigenvalue weighted by Gasteiger charge is 2.22. The monoisotopic (exact) mass is 283 g/mol. The van der Waals surface area contributed by atoms with Crippen LogP contribution in [0.2, 0.25) is 5.02 Å². The maximum absolute atomic E-state index is 10.3. The van der Waals surface area contributed by atoms with Crippen molar-refractivity contribution in [2.75, 3.05) is 6.54 Å². The summed E-state index contributed by atoms with van der Waals surface area (Å²) in [5.41, 5.74) is 0.621. The summed E-state index contributed by atoms with van der Waals surface area (Å²) in [5, 5.41) is 14.4. The zero-order chi connectivity index (χ0) is 14.5. The van der Waals surface area contributed by atoms with E-state index in [1.807, 2.05) is 31.2 Å². The molecule has 1 aromatic rings. The third kappa shape index (κ3) is 6.95. The normalized spacial score (nSPS) is 16.4. The molecule has 0 fully saturated rings. The lowest BCUT2D eigenvalue weighted by Gasteiger charge is -2.27. The van der Waals surface area contributed by atoms with Gasteiger partial charge in [-0.1, -0.05) is 37.6 Å². The van der Waals surface area contributed by atoms with Crippen molar-refractivity contribution in [2.24, 2.45) is 5.92 Å². The minimum absolute atomic E-state index is 0.333. The van der Waals surface area contributed by atoms with Gasteiger partial charge >= 0.3 is 0 Å². The van der Waals surface area contributed by atoms with E-state index in [-0.39, 0.29) is 0 Å². The van der Waals surface area contributed by atoms with Gasteiger partial charge in [-0.3, -0.25) is 0 Å². The van der Waals surface area contributed by atoms with E-state index in [1.165, 1.54) is 5.56 Å². The van der Waals surface area contributed by atoms with E-state index in [4.69, 9.17) is 11.6 Å². The lowest BCUT2D eigenvalue weighted by atomic mass is 9.94. The first kappa shape index (κ1) is 16.5. The van der Waals surface area contributed by atoms with Crippen molar-refractivity contribution in [1.82, 2.24) is 5.32 Å². The van der Waals surface area contributed by atoms with E-state index in [0.717, 1.165) is 17.9 Å². The van der Waals surface area contributed by atoms with Crippen molar-refractivity contribution in [1.29, 1.82) is 0 Å². The molecule has 1 rings (SSSR count). The fourth-order valence-electron chi connectivity index (χ4n) is 2.39. The summed E-state index contributed by atoms with van der Waals surface area (Å²) in [6.45, 7) is 8.92. The van der Waals surface area contributed by atoms with E-state index < -0.39 is 5.60 Å². The molecule has 0 radical (unpaired) electrons. The molecule has 1 aromatic carbocycles. The van der Waals surface area contributed by atoms with Crippen LogP contribution < -0.4 is 5.32 Å². The zero-order valence-corrected chi connectivity index (χ0v) is 13.2. The molecule has 3 heteroatoms. The number of hydrogen-bond acceptors (Lipinski definition) is 2. The van der Waals surface area contributed by atoms with Gasteiger partial charge in [-0.2, -0.15) is 0 Å². The highest BCUT2D eigenvalue weighted by atomic mass is 35.5. The standard InChI is InChI=1S/C16H26ClNO/c1-12(2)10-16(4,19)11-18-13(3)9-14-5-7-15(17)8-6-14/h5-8,12-13,18-19H,9-11H2,1-4H3. The minimum atomic E-state index is -0.636. The van der Waals surface area contributed by atoms with E-state index in [1.54, 1.807) is 0 Å². The molecule has 0 aliphatic rings. The first-order valence-corrected chi connectivity index (χ1v) is 7.36. The van der Waals surface area contributed by atoms with Crippen LogP contribution in [-0.2, 0) is 6.42 Å². The van der Waals surface area contributed by atoms with Crippen LogP contribution in [0.3, 0.4) is 0 Å². The number of rotatable bonds is 7. The Morgan fingerprint density at radius 3 is 2.32 bits per heavy atom. The molecule has 108 valence electrons. The summed E-state index contributed by atoms with van der Waals surface area (Å²) in [6.07, 6.45) is 1.75. The highest BCUT2D eigenvalue weighted by Crippen LogP contribution is 2.16. The molecule has 0 aromatic heterocycles. The van der Waals surface area contributed by atoms with Gasteiger partial charge in [0.25, 0.3) is 0 Å². The molecule has 0 saturated heterocycles. The van der Waals surface area contributed by atoms with E-state index in [9.17, 15) is 5.11 Å². The van der Waals surface area contributed by atoms with Gasteiger partial charge in [0, 0.05) is 17.6 Å². The Balaban J connectivity index is 2.39. The second-order valence-corrected chi connectivity index (χ2v) is 6.64. The molecule has 2 atom stereocenters. The van der Waals surface area contributed by atoms with Gasteiger partial charge in [0.2, 0.25) is 0 Å². The Labute approximate surface area is 122 Å². The van der Waals surface area contributed by atoms with Gasteiger partial charge in [-0.05, 0) is 50.3 Å². The molecule has 0 aliphatic heterocycles. The SMILES string of the molecule is CC(C)CC(C)(O)CNC(C)Cc1ccc(Cl)cc1. The molecule has 2 N–H and O–H groups in total. The van der Waals surface area contributed by atoms with Gasteiger partial charge in [-0.15, -0.1) is 0 Å². The Morgan fingerprint density at radius 2 is 1.79 bits per heavy atom. The number of aliphatic hydroxyl groups is 1. The number of halogens is 1. The molecule has 0 saturated carbocycles. The molecular weight excluding hydrogens is 258 g/mol. The highest BCUT2D eigenvalue weighted by molar-refractivity contribution is 6.30. The average Bonchev–Trinajstić information content (AvgIpc) is 2.28. The van der Waals surface area contributed by atoms with Crippen LogP contribution in [0.15, 0.2) is 24.3 Å². The second-order valence-electron chi connectivity index (χ2n) is 6.21. The molecule has 2 nitrogen and oxygen atoms in total. The summed E-state index contributed by atoms with van der Waals surface area (Å²) < 4.78 is 0. The molecule has 0 heterocycles. The van der Waals surface area contributed by atoms with Gasteiger partial charge in [0.05, 0.1) is 5.60 Å². The summed E-state index contributed by atoms with van der Waals surface area (Å²) >= 11 is 5.87. The first-order valence-electron chi connectivity index (χ1n) is 6.99. The lowest BCUT2D eigenvalue weighted by Crippen LogP contribution is -2.43. The Morgan fingerprint density at radius 1 is 1.21 bits per heavy atom. The first-order chi connectivity index (χ1) is 8.78. The average molecular weight is 284 g/mol. The lowest BCUT2D eigenvalue weighted by molar-refractivity contribution is 0.0364. The van der Waals surface area contributed by atoms with E-state index >= 15 is 0 Å². The van der Waals surface area contributed by atoms with Crippen molar-refractivity contribution in [3.8, 4) is 0 Å². The van der Waals surface area contributed by atoms with Crippen LogP contribution in [0.1, 0.15) is 39.7 Å². The maximum Gasteiger partial charge on any atom is 0.0746 e. The zero-order valence-electron chi connectivity index (χ0n) is 12.4. The quantitative estimate of drug-likeness (QED) is 0.800. The van der Waals surface area contributed by atoms with Crippen LogP contribution >= 0.6 is 11.6 Å². The number of hydrogen-bond donors (Lipinski definition) is 2. The van der Waals surface area contributed by atoms with Crippen molar-refractivity contribution >= 4 is 11.6 Å². The van der Waals surface area contributed by atoms with Crippen LogP contribution in [0, 0.1) is 5.92 Å². The predicted molar refractivity (Wildman–Crippen MR) is 82.7 cm³/mol. The maximum atomic E-state index is 10.3. The number of benzene rings is 1. The van der Waals surface area contributed by atoms with Crippen LogP contribution in [0.5, 0.6) is 0 Å². The molecule has 0 aliphatic carbocycles. The van der Waals surface area contributed by atoms with E-state index in [0.29, 0.717) is 18.5 Å². The van der Waals surface area contributed by atoms with Crippen LogP contribution in [-0.4, -0.2) is 23.3 Å². The topological polar surface area (TPSA) is 32.3 Å². The number of nitrogens with one attached hydrogen (secondary N) is 1. The Bertz CT molecular complexity index is 373. The van der Waals surface area contributed by atoms with Gasteiger partial charge < -0.3 is 10.4 Å². The largest absolute Gasteiger partial charge is 0.389 e. The van der Waals surface area contributed by atoms with Crippen molar-refractivity contribution in [3.63, 3.8) is 0 Å². The molecule has 2 unspecified atom stereocenters. The van der Waals surface area contributed by atoms with Gasteiger partial charge in [0.15, 0.2) is 0 Å². The van der Waals surface area contributed by atoms with Crippen LogP contribution in [0.25, 0.3) is 0 Å². The summed E-state index contributed by atoms with van der Waals surface area (Å²) in [7, 11) is 0. The molecule has 0 spiro atoms. The predicted octanol–water partition coefficient (Wildman–Crippen LogP) is 3.66. The third-order valence-corrected chi connectivity index (χ3v) is 3.39. The molecular formula is C16H26ClNO. The summed E-state index contributed by atoms with van der Waals surface area (Å²) in [4.78, 5) is 0. The van der Waals surface area contributed by atoms with E-state index in [2.05, 4.69) is 26.1 Å².